The number of ether oxygens (including phenoxy) is 6. The highest BCUT2D eigenvalue weighted by atomic mass is 32.1. The minimum absolute atomic E-state index is 0.0233. The molecule has 2 heterocycles. The Morgan fingerprint density at radius 2 is 1.49 bits per heavy atom. The summed E-state index contributed by atoms with van der Waals surface area (Å²) in [5, 5.41) is 10.5. The van der Waals surface area contributed by atoms with E-state index in [9.17, 15) is 29.2 Å². The molecule has 4 rings (SSSR count). The first-order chi connectivity index (χ1) is 22.1. The van der Waals surface area contributed by atoms with E-state index in [4.69, 9.17) is 40.6 Å². The van der Waals surface area contributed by atoms with E-state index in [0.717, 1.165) is 20.8 Å². The zero-order valence-corrected chi connectivity index (χ0v) is 27.9. The Balaban J connectivity index is 2.08. The third kappa shape index (κ3) is 7.52. The van der Waals surface area contributed by atoms with E-state index in [2.05, 4.69) is 6.07 Å². The lowest BCUT2D eigenvalue weighted by molar-refractivity contribution is -0.269. The number of rotatable bonds is 8. The maximum atomic E-state index is 14.0. The van der Waals surface area contributed by atoms with Crippen molar-refractivity contribution in [3.63, 3.8) is 0 Å². The summed E-state index contributed by atoms with van der Waals surface area (Å²) in [5.74, 6) is -2.74. The second-order valence-corrected chi connectivity index (χ2v) is 12.5. The van der Waals surface area contributed by atoms with Crippen LogP contribution in [0.25, 0.3) is 11.1 Å². The van der Waals surface area contributed by atoms with Crippen LogP contribution < -0.4 is 4.74 Å². The fourth-order valence-electron chi connectivity index (χ4n) is 6.09. The van der Waals surface area contributed by atoms with Crippen LogP contribution in [0, 0.1) is 21.4 Å². The standard InChI is InChI=1S/C33H36N2O11S/c1-16(36)42-15-25-28(43-17(2)37)29(44-18(3)38)30(45-19(4)39)31(46-25)35-23-12-33(5,6)13-24(40)27(23)26(22(14-34)32(35)47)20-8-10-21(41-7)11-9-20/h8-11,25,28-31H,12-13,15H2,1-7H3/t25-,28+,29+,30+,31-/m1/s1. The number of nitriles is 1. The molecular formula is C33H36N2O11S. The summed E-state index contributed by atoms with van der Waals surface area (Å²) in [7, 11) is 1.52. The van der Waals surface area contributed by atoms with Gasteiger partial charge < -0.3 is 33.0 Å². The van der Waals surface area contributed by atoms with Crippen LogP contribution in [0.1, 0.15) is 75.8 Å². The summed E-state index contributed by atoms with van der Waals surface area (Å²) >= 11 is 5.95. The largest absolute Gasteiger partial charge is 0.497 e. The van der Waals surface area contributed by atoms with Gasteiger partial charge in [0.25, 0.3) is 0 Å². The van der Waals surface area contributed by atoms with Crippen molar-refractivity contribution in [2.24, 2.45) is 5.41 Å². The summed E-state index contributed by atoms with van der Waals surface area (Å²) in [4.78, 5) is 63.0. The fourth-order valence-corrected chi connectivity index (χ4v) is 6.45. The van der Waals surface area contributed by atoms with Gasteiger partial charge in [-0.25, -0.2) is 0 Å². The maximum Gasteiger partial charge on any atom is 0.303 e. The summed E-state index contributed by atoms with van der Waals surface area (Å²) < 4.78 is 35.2. The lowest BCUT2D eigenvalue weighted by atomic mass is 9.73. The molecule has 1 aromatic carbocycles. The second-order valence-electron chi connectivity index (χ2n) is 12.1. The first kappa shape index (κ1) is 35.2. The normalized spacial score (nSPS) is 23.0. The summed E-state index contributed by atoms with van der Waals surface area (Å²) in [6, 6.07) is 8.98. The second kappa shape index (κ2) is 14.0. The van der Waals surface area contributed by atoms with Crippen molar-refractivity contribution in [1.29, 1.82) is 5.26 Å². The number of benzene rings is 1. The van der Waals surface area contributed by atoms with E-state index in [1.54, 1.807) is 24.3 Å². The van der Waals surface area contributed by atoms with Gasteiger partial charge in [0.15, 0.2) is 30.3 Å². The Kier molecular flexibility index (Phi) is 10.5. The number of aromatic nitrogens is 1. The van der Waals surface area contributed by atoms with Crippen LogP contribution in [0.3, 0.4) is 0 Å². The molecule has 2 aliphatic rings. The average molecular weight is 669 g/mol. The number of Topliss-reactive ketones (excluding diaryl/α,β-unsaturated/α-hetero) is 1. The predicted molar refractivity (Wildman–Crippen MR) is 166 cm³/mol. The topological polar surface area (TPSA) is 169 Å². The van der Waals surface area contributed by atoms with Crippen LogP contribution in [0.4, 0.5) is 0 Å². The Morgan fingerprint density at radius 3 is 2.02 bits per heavy atom. The van der Waals surface area contributed by atoms with E-state index in [1.807, 2.05) is 13.8 Å². The molecule has 0 spiro atoms. The van der Waals surface area contributed by atoms with Crippen molar-refractivity contribution in [1.82, 2.24) is 4.57 Å². The smallest absolute Gasteiger partial charge is 0.303 e. The number of fused-ring (bicyclic) bond motifs is 1. The van der Waals surface area contributed by atoms with Gasteiger partial charge in [0.05, 0.1) is 12.7 Å². The fraction of sp³-hybridized carbons (Fsp3) is 0.485. The van der Waals surface area contributed by atoms with Crippen LogP contribution >= 0.6 is 12.2 Å². The van der Waals surface area contributed by atoms with Crippen LogP contribution in [0.5, 0.6) is 5.75 Å². The van der Waals surface area contributed by atoms with Crippen molar-refractivity contribution in [2.45, 2.75) is 85.0 Å². The molecule has 1 saturated heterocycles. The Bertz CT molecular complexity index is 1710. The zero-order chi connectivity index (χ0) is 34.8. The average Bonchev–Trinajstić information content (AvgIpc) is 2.97. The van der Waals surface area contributed by atoms with Gasteiger partial charge in [0.2, 0.25) is 0 Å². The third-order valence-corrected chi connectivity index (χ3v) is 8.19. The predicted octanol–water partition coefficient (Wildman–Crippen LogP) is 4.18. The van der Waals surface area contributed by atoms with Crippen molar-refractivity contribution in [3.8, 4) is 22.9 Å². The maximum absolute atomic E-state index is 14.0. The molecule has 0 N–H and O–H groups in total. The molecule has 1 aliphatic heterocycles. The molecule has 47 heavy (non-hydrogen) atoms. The van der Waals surface area contributed by atoms with E-state index in [0.29, 0.717) is 22.6 Å². The molecule has 0 saturated carbocycles. The van der Waals surface area contributed by atoms with E-state index < -0.39 is 66.5 Å². The van der Waals surface area contributed by atoms with Crippen LogP contribution in [0.2, 0.25) is 0 Å². The van der Waals surface area contributed by atoms with Gasteiger partial charge in [0.1, 0.15) is 29.2 Å². The number of pyridine rings is 1. The Morgan fingerprint density at radius 1 is 0.915 bits per heavy atom. The quantitative estimate of drug-likeness (QED) is 0.223. The molecule has 2 aromatic rings. The molecular weight excluding hydrogens is 632 g/mol. The number of carbonyl (C=O) groups is 5. The summed E-state index contributed by atoms with van der Waals surface area (Å²) in [5.41, 5.74) is 0.903. The lowest BCUT2D eigenvalue weighted by Gasteiger charge is -2.46. The van der Waals surface area contributed by atoms with Crippen LogP contribution in [-0.2, 0) is 49.3 Å². The Labute approximate surface area is 276 Å². The van der Waals surface area contributed by atoms with E-state index in [-0.39, 0.29) is 34.4 Å². The minimum atomic E-state index is -1.50. The van der Waals surface area contributed by atoms with Gasteiger partial charge in [0, 0.05) is 50.9 Å². The number of methoxy groups -OCH3 is 1. The molecule has 5 atom stereocenters. The molecule has 0 radical (unpaired) electrons. The summed E-state index contributed by atoms with van der Waals surface area (Å²) in [6.45, 7) is 7.89. The first-order valence-electron chi connectivity index (χ1n) is 14.8. The van der Waals surface area contributed by atoms with Gasteiger partial charge in [-0.15, -0.1) is 0 Å². The highest BCUT2D eigenvalue weighted by Crippen LogP contribution is 2.45. The molecule has 1 fully saturated rings. The first-order valence-corrected chi connectivity index (χ1v) is 15.2. The number of hydrogen-bond donors (Lipinski definition) is 0. The van der Waals surface area contributed by atoms with Gasteiger partial charge in [-0.3, -0.25) is 24.0 Å². The Hall–Kier alpha value is -4.61. The van der Waals surface area contributed by atoms with E-state index in [1.165, 1.54) is 18.6 Å². The number of ketones is 1. The van der Waals surface area contributed by atoms with Gasteiger partial charge in [-0.2, -0.15) is 5.26 Å². The monoisotopic (exact) mass is 668 g/mol. The highest BCUT2D eigenvalue weighted by Gasteiger charge is 2.54. The van der Waals surface area contributed by atoms with Crippen molar-refractivity contribution in [3.05, 3.63) is 45.7 Å². The number of carbonyl (C=O) groups excluding carboxylic acids is 5. The van der Waals surface area contributed by atoms with Crippen LogP contribution in [-0.4, -0.2) is 72.4 Å². The molecule has 14 heteroatoms. The van der Waals surface area contributed by atoms with Gasteiger partial charge in [-0.1, -0.05) is 38.2 Å². The van der Waals surface area contributed by atoms with Gasteiger partial charge >= 0.3 is 23.9 Å². The molecule has 1 aromatic heterocycles. The number of esters is 4. The van der Waals surface area contributed by atoms with E-state index >= 15 is 0 Å². The molecule has 250 valence electrons. The van der Waals surface area contributed by atoms with Gasteiger partial charge in [-0.05, 0) is 29.5 Å². The van der Waals surface area contributed by atoms with Crippen molar-refractivity contribution >= 4 is 41.9 Å². The van der Waals surface area contributed by atoms with Crippen LogP contribution in [0.15, 0.2) is 24.3 Å². The third-order valence-electron chi connectivity index (χ3n) is 7.79. The lowest BCUT2D eigenvalue weighted by Crippen LogP contribution is -2.61. The molecule has 0 unspecified atom stereocenters. The molecule has 0 amide bonds. The molecule has 1 aliphatic carbocycles. The van der Waals surface area contributed by atoms with Crippen molar-refractivity contribution in [2.75, 3.05) is 13.7 Å². The van der Waals surface area contributed by atoms with Crippen molar-refractivity contribution < 1.29 is 52.4 Å². The minimum Gasteiger partial charge on any atom is -0.497 e. The number of nitrogens with zero attached hydrogens (tertiary/aromatic N) is 2. The molecule has 0 bridgehead atoms. The zero-order valence-electron chi connectivity index (χ0n) is 27.1. The number of hydrogen-bond acceptors (Lipinski definition) is 13. The summed E-state index contributed by atoms with van der Waals surface area (Å²) in [6.07, 6.45) is -6.63. The highest BCUT2D eigenvalue weighted by molar-refractivity contribution is 7.71. The molecule has 13 nitrogen and oxygen atoms in total. The SMILES string of the molecule is COc1ccc(-c2c3c(n([C@@H]4O[C@H](COC(C)=O)[C@H](OC(C)=O)[C@H](OC(C)=O)[C@@H]4OC(C)=O)c(=S)c2C#N)CC(C)(C)CC3=O)cc1.